The van der Waals surface area contributed by atoms with Gasteiger partial charge in [-0.05, 0) is 24.3 Å². The molecule has 0 N–H and O–H groups in total. The lowest BCUT2D eigenvalue weighted by Crippen LogP contribution is -1.96. The Morgan fingerprint density at radius 1 is 1.53 bits per heavy atom. The molecule has 80 valence electrons. The van der Waals surface area contributed by atoms with E-state index in [-0.39, 0.29) is 0 Å². The SMILES string of the molecule is CCn1cc(CC(C)c2cccs2)nn1. The second kappa shape index (κ2) is 4.57. The summed E-state index contributed by atoms with van der Waals surface area (Å²) in [6, 6.07) is 4.28. The monoisotopic (exact) mass is 221 g/mol. The minimum Gasteiger partial charge on any atom is -0.253 e. The van der Waals surface area contributed by atoms with Gasteiger partial charge in [0.05, 0.1) is 5.69 Å². The van der Waals surface area contributed by atoms with Crippen LogP contribution in [0.3, 0.4) is 0 Å². The highest BCUT2D eigenvalue weighted by molar-refractivity contribution is 7.10. The topological polar surface area (TPSA) is 30.7 Å². The summed E-state index contributed by atoms with van der Waals surface area (Å²) in [6.07, 6.45) is 3.00. The van der Waals surface area contributed by atoms with Gasteiger partial charge in [0.15, 0.2) is 0 Å². The number of nitrogens with zero attached hydrogens (tertiary/aromatic N) is 3. The molecule has 0 bridgehead atoms. The van der Waals surface area contributed by atoms with Crippen molar-refractivity contribution in [3.8, 4) is 0 Å². The summed E-state index contributed by atoms with van der Waals surface area (Å²) in [5.41, 5.74) is 1.08. The summed E-state index contributed by atoms with van der Waals surface area (Å²) in [6.45, 7) is 5.19. The fourth-order valence-electron chi connectivity index (χ4n) is 1.57. The van der Waals surface area contributed by atoms with E-state index in [9.17, 15) is 0 Å². The zero-order valence-electron chi connectivity index (χ0n) is 9.05. The van der Waals surface area contributed by atoms with Gasteiger partial charge in [0.25, 0.3) is 0 Å². The number of thiophene rings is 1. The molecule has 1 unspecified atom stereocenters. The van der Waals surface area contributed by atoms with Crippen LogP contribution in [0.25, 0.3) is 0 Å². The van der Waals surface area contributed by atoms with E-state index in [0.29, 0.717) is 5.92 Å². The second-order valence-corrected chi connectivity index (χ2v) is 4.67. The molecule has 0 saturated heterocycles. The molecule has 0 fully saturated rings. The van der Waals surface area contributed by atoms with Crippen LogP contribution in [0.15, 0.2) is 23.7 Å². The molecule has 0 aromatic carbocycles. The van der Waals surface area contributed by atoms with Crippen molar-refractivity contribution in [2.45, 2.75) is 32.7 Å². The van der Waals surface area contributed by atoms with Crippen molar-refractivity contribution in [2.24, 2.45) is 0 Å². The van der Waals surface area contributed by atoms with Crippen molar-refractivity contribution < 1.29 is 0 Å². The molecule has 0 saturated carbocycles. The van der Waals surface area contributed by atoms with Crippen molar-refractivity contribution in [2.75, 3.05) is 0 Å². The molecule has 2 aromatic rings. The van der Waals surface area contributed by atoms with Crippen molar-refractivity contribution >= 4 is 11.3 Å². The fraction of sp³-hybridized carbons (Fsp3) is 0.455. The first-order chi connectivity index (χ1) is 7.29. The van der Waals surface area contributed by atoms with Crippen LogP contribution in [0, 0.1) is 0 Å². The van der Waals surface area contributed by atoms with Gasteiger partial charge in [0.1, 0.15) is 0 Å². The maximum Gasteiger partial charge on any atom is 0.0833 e. The number of aromatic nitrogens is 3. The van der Waals surface area contributed by atoms with Gasteiger partial charge in [-0.2, -0.15) is 0 Å². The van der Waals surface area contributed by atoms with E-state index in [1.807, 2.05) is 22.2 Å². The Morgan fingerprint density at radius 2 is 2.40 bits per heavy atom. The van der Waals surface area contributed by atoms with E-state index in [1.54, 1.807) is 0 Å². The molecule has 15 heavy (non-hydrogen) atoms. The van der Waals surface area contributed by atoms with E-state index in [4.69, 9.17) is 0 Å². The van der Waals surface area contributed by atoms with Crippen LogP contribution >= 0.6 is 11.3 Å². The van der Waals surface area contributed by atoms with E-state index in [1.165, 1.54) is 4.88 Å². The van der Waals surface area contributed by atoms with Crippen LogP contribution < -0.4 is 0 Å². The standard InChI is InChI=1S/C11H15N3S/c1-3-14-8-10(12-13-14)7-9(2)11-5-4-6-15-11/h4-6,8-9H,3,7H2,1-2H3. The smallest absolute Gasteiger partial charge is 0.0833 e. The van der Waals surface area contributed by atoms with Crippen LogP contribution in [0.1, 0.15) is 30.3 Å². The van der Waals surface area contributed by atoms with Gasteiger partial charge < -0.3 is 0 Å². The Kier molecular flexibility index (Phi) is 3.16. The third-order valence-corrected chi connectivity index (χ3v) is 3.56. The number of hydrogen-bond acceptors (Lipinski definition) is 3. The molecule has 0 radical (unpaired) electrons. The lowest BCUT2D eigenvalue weighted by Gasteiger charge is -2.05. The maximum absolute atomic E-state index is 4.15. The highest BCUT2D eigenvalue weighted by atomic mass is 32.1. The zero-order valence-corrected chi connectivity index (χ0v) is 9.87. The van der Waals surface area contributed by atoms with E-state index in [0.717, 1.165) is 18.7 Å². The van der Waals surface area contributed by atoms with Crippen molar-refractivity contribution in [3.63, 3.8) is 0 Å². The number of rotatable bonds is 4. The van der Waals surface area contributed by atoms with E-state index >= 15 is 0 Å². The van der Waals surface area contributed by atoms with Crippen molar-refractivity contribution in [1.82, 2.24) is 15.0 Å². The molecular formula is C11H15N3S. The molecule has 0 aliphatic heterocycles. The molecular weight excluding hydrogens is 206 g/mol. The third kappa shape index (κ3) is 2.45. The van der Waals surface area contributed by atoms with Crippen LogP contribution in [0.2, 0.25) is 0 Å². The minimum absolute atomic E-state index is 0.534. The Balaban J connectivity index is 2.02. The molecule has 2 rings (SSSR count). The van der Waals surface area contributed by atoms with Gasteiger partial charge in [-0.3, -0.25) is 4.68 Å². The van der Waals surface area contributed by atoms with Crippen LogP contribution in [0.4, 0.5) is 0 Å². The zero-order chi connectivity index (χ0) is 10.7. The molecule has 2 aromatic heterocycles. The number of hydrogen-bond donors (Lipinski definition) is 0. The summed E-state index contributed by atoms with van der Waals surface area (Å²) in [5.74, 6) is 0.534. The summed E-state index contributed by atoms with van der Waals surface area (Å²) in [7, 11) is 0. The van der Waals surface area contributed by atoms with Gasteiger partial charge in [-0.1, -0.05) is 18.2 Å². The summed E-state index contributed by atoms with van der Waals surface area (Å²) in [5, 5.41) is 10.3. The van der Waals surface area contributed by atoms with Gasteiger partial charge in [0, 0.05) is 24.0 Å². The van der Waals surface area contributed by atoms with Crippen molar-refractivity contribution in [3.05, 3.63) is 34.3 Å². The normalized spacial score (nSPS) is 12.9. The largest absolute Gasteiger partial charge is 0.253 e. The maximum atomic E-state index is 4.15. The summed E-state index contributed by atoms with van der Waals surface area (Å²) < 4.78 is 1.87. The Labute approximate surface area is 93.7 Å². The molecule has 0 spiro atoms. The lowest BCUT2D eigenvalue weighted by atomic mass is 10.0. The molecule has 3 nitrogen and oxygen atoms in total. The van der Waals surface area contributed by atoms with Gasteiger partial charge in [-0.15, -0.1) is 16.4 Å². The quantitative estimate of drug-likeness (QED) is 0.794. The second-order valence-electron chi connectivity index (χ2n) is 3.69. The third-order valence-electron chi connectivity index (χ3n) is 2.45. The molecule has 4 heteroatoms. The van der Waals surface area contributed by atoms with Crippen LogP contribution in [-0.2, 0) is 13.0 Å². The number of aryl methyl sites for hydroxylation is 1. The summed E-state index contributed by atoms with van der Waals surface area (Å²) >= 11 is 1.81. The highest BCUT2D eigenvalue weighted by Gasteiger charge is 2.09. The first kappa shape index (κ1) is 10.4. The molecule has 1 atom stereocenters. The molecule has 0 aliphatic rings. The first-order valence-corrected chi connectivity index (χ1v) is 6.10. The predicted molar refractivity (Wildman–Crippen MR) is 62.1 cm³/mol. The fourth-order valence-corrected chi connectivity index (χ4v) is 2.36. The van der Waals surface area contributed by atoms with Crippen molar-refractivity contribution in [1.29, 1.82) is 0 Å². The average molecular weight is 221 g/mol. The predicted octanol–water partition coefficient (Wildman–Crippen LogP) is 2.71. The lowest BCUT2D eigenvalue weighted by molar-refractivity contribution is 0.626. The highest BCUT2D eigenvalue weighted by Crippen LogP contribution is 2.23. The molecule has 0 amide bonds. The first-order valence-electron chi connectivity index (χ1n) is 5.22. The van der Waals surface area contributed by atoms with Crippen LogP contribution in [-0.4, -0.2) is 15.0 Å². The Hall–Kier alpha value is -1.16. The van der Waals surface area contributed by atoms with Gasteiger partial charge >= 0.3 is 0 Å². The van der Waals surface area contributed by atoms with E-state index in [2.05, 4.69) is 41.7 Å². The van der Waals surface area contributed by atoms with Crippen LogP contribution in [0.5, 0.6) is 0 Å². The van der Waals surface area contributed by atoms with E-state index < -0.39 is 0 Å². The summed E-state index contributed by atoms with van der Waals surface area (Å²) in [4.78, 5) is 1.42. The Morgan fingerprint density at radius 3 is 3.00 bits per heavy atom. The Bertz CT molecular complexity index is 405. The van der Waals surface area contributed by atoms with Gasteiger partial charge in [-0.25, -0.2) is 0 Å². The minimum atomic E-state index is 0.534. The molecule has 2 heterocycles. The molecule has 0 aliphatic carbocycles. The average Bonchev–Trinajstić information content (AvgIpc) is 2.87. The van der Waals surface area contributed by atoms with Gasteiger partial charge in [0.2, 0.25) is 0 Å².